The molecule has 2 atom stereocenters. The minimum atomic E-state index is -0.675. The van der Waals surface area contributed by atoms with Gasteiger partial charge in [0.1, 0.15) is 12.2 Å². The summed E-state index contributed by atoms with van der Waals surface area (Å²) in [5.74, 6) is 1.08. The molecule has 26 heavy (non-hydrogen) atoms. The summed E-state index contributed by atoms with van der Waals surface area (Å²) in [5, 5.41) is 0. The molecule has 3 rings (SSSR count). The summed E-state index contributed by atoms with van der Waals surface area (Å²) >= 11 is 0. The first-order valence-electron chi connectivity index (χ1n) is 8.87. The zero-order chi connectivity index (χ0) is 18.9. The van der Waals surface area contributed by atoms with E-state index in [9.17, 15) is 9.59 Å². The molecular weight excluding hydrogens is 336 g/mol. The van der Waals surface area contributed by atoms with Crippen LogP contribution in [0, 0.1) is 0 Å². The van der Waals surface area contributed by atoms with Crippen molar-refractivity contribution in [3.8, 4) is 11.5 Å². The summed E-state index contributed by atoms with van der Waals surface area (Å²) in [5.41, 5.74) is -0.530. The van der Waals surface area contributed by atoms with Gasteiger partial charge in [-0.3, -0.25) is 4.79 Å². The van der Waals surface area contributed by atoms with E-state index < -0.39 is 11.7 Å². The Morgan fingerprint density at radius 1 is 1.23 bits per heavy atom. The fraction of sp³-hybridized carbons (Fsp3) is 0.579. The van der Waals surface area contributed by atoms with Crippen LogP contribution in [0.2, 0.25) is 0 Å². The first-order valence-corrected chi connectivity index (χ1v) is 8.87. The number of carbonyl (C=O) groups is 2. The topological polar surface area (TPSA) is 68.3 Å². The number of likely N-dealkylation sites (tertiary alicyclic amines) is 1. The van der Waals surface area contributed by atoms with E-state index in [4.69, 9.17) is 14.2 Å². The Hall–Kier alpha value is -2.44. The number of likely N-dealkylation sites (N-methyl/N-ethyl adjacent to an activating group) is 1. The lowest BCUT2D eigenvalue weighted by Crippen LogP contribution is -2.49. The smallest absolute Gasteiger partial charge is 0.410 e. The molecule has 1 saturated heterocycles. The van der Waals surface area contributed by atoms with Gasteiger partial charge in [-0.1, -0.05) is 12.1 Å². The number of hydrogen-bond donors (Lipinski definition) is 0. The molecule has 2 heterocycles. The summed E-state index contributed by atoms with van der Waals surface area (Å²) in [7, 11) is 1.75. The van der Waals surface area contributed by atoms with Gasteiger partial charge >= 0.3 is 6.09 Å². The minimum Gasteiger partial charge on any atom is -0.485 e. The average molecular weight is 362 g/mol. The molecule has 7 heteroatoms. The zero-order valence-electron chi connectivity index (χ0n) is 15.7. The third-order valence-electron chi connectivity index (χ3n) is 4.49. The molecule has 0 aliphatic carbocycles. The van der Waals surface area contributed by atoms with Gasteiger partial charge in [-0.2, -0.15) is 0 Å². The molecule has 1 fully saturated rings. The van der Waals surface area contributed by atoms with Crippen molar-refractivity contribution in [2.45, 2.75) is 44.9 Å². The van der Waals surface area contributed by atoms with Crippen molar-refractivity contribution in [3.63, 3.8) is 0 Å². The monoisotopic (exact) mass is 362 g/mol. The van der Waals surface area contributed by atoms with Crippen molar-refractivity contribution in [1.29, 1.82) is 0 Å². The number of hydrogen-bond acceptors (Lipinski definition) is 5. The Kier molecular flexibility index (Phi) is 4.98. The summed E-state index contributed by atoms with van der Waals surface area (Å²) < 4.78 is 16.8. The Bertz CT molecular complexity index is 685. The summed E-state index contributed by atoms with van der Waals surface area (Å²) in [6.45, 7) is 6.73. The van der Waals surface area contributed by atoms with Crippen molar-refractivity contribution in [3.05, 3.63) is 24.3 Å². The maximum atomic E-state index is 12.8. The van der Waals surface area contributed by atoms with Crippen molar-refractivity contribution in [2.75, 3.05) is 26.7 Å². The summed E-state index contributed by atoms with van der Waals surface area (Å²) in [6.07, 6.45) is -0.302. The second-order valence-electron chi connectivity index (χ2n) is 7.68. The predicted octanol–water partition coefficient (Wildman–Crippen LogP) is 2.29. The van der Waals surface area contributed by atoms with E-state index in [1.54, 1.807) is 22.9 Å². The van der Waals surface area contributed by atoms with Gasteiger partial charge in [0.15, 0.2) is 11.5 Å². The van der Waals surface area contributed by atoms with Crippen LogP contribution in [-0.2, 0) is 9.53 Å². The van der Waals surface area contributed by atoms with Crippen LogP contribution in [0.1, 0.15) is 27.2 Å². The normalized spacial score (nSPS) is 22.1. The fourth-order valence-electron chi connectivity index (χ4n) is 3.10. The molecule has 0 bridgehead atoms. The Morgan fingerprint density at radius 3 is 2.62 bits per heavy atom. The van der Waals surface area contributed by atoms with Crippen LogP contribution >= 0.6 is 0 Å². The highest BCUT2D eigenvalue weighted by molar-refractivity contribution is 5.82. The molecule has 2 aliphatic rings. The molecule has 0 unspecified atom stereocenters. The summed E-state index contributed by atoms with van der Waals surface area (Å²) in [6, 6.07) is 7.24. The Labute approximate surface area is 153 Å². The standard InChI is InChI=1S/C19H26N2O5/c1-19(2,3)26-18(23)21-10-9-13(11-21)20(4)17(22)16-12-24-14-7-5-6-8-15(14)25-16/h5-8,13,16H,9-12H2,1-4H3/t13-,16+/m1/s1. The minimum absolute atomic E-state index is 0.0595. The molecule has 0 N–H and O–H groups in total. The number of ether oxygens (including phenoxy) is 3. The second-order valence-corrected chi connectivity index (χ2v) is 7.68. The lowest BCUT2D eigenvalue weighted by atomic mass is 10.2. The van der Waals surface area contributed by atoms with Crippen molar-refractivity contribution in [1.82, 2.24) is 9.80 Å². The SMILES string of the molecule is CN(C(=O)[C@@H]1COc2ccccc2O1)[C@@H]1CCN(C(=O)OC(C)(C)C)C1. The number of rotatable bonds is 2. The first-order chi connectivity index (χ1) is 12.2. The number of amides is 2. The highest BCUT2D eigenvalue weighted by Crippen LogP contribution is 2.31. The van der Waals surface area contributed by atoms with Gasteiger partial charge in [0.2, 0.25) is 6.10 Å². The Morgan fingerprint density at radius 2 is 1.92 bits per heavy atom. The van der Waals surface area contributed by atoms with Gasteiger partial charge in [0.05, 0.1) is 6.04 Å². The summed E-state index contributed by atoms with van der Waals surface area (Å²) in [4.78, 5) is 28.3. The van der Waals surface area contributed by atoms with Crippen LogP contribution in [0.15, 0.2) is 24.3 Å². The molecule has 2 aliphatic heterocycles. The maximum Gasteiger partial charge on any atom is 0.410 e. The van der Waals surface area contributed by atoms with E-state index in [-0.39, 0.29) is 24.6 Å². The van der Waals surface area contributed by atoms with Gasteiger partial charge in [0, 0.05) is 20.1 Å². The first kappa shape index (κ1) is 18.4. The second kappa shape index (κ2) is 7.05. The van der Waals surface area contributed by atoms with Crippen LogP contribution in [0.5, 0.6) is 11.5 Å². The van der Waals surface area contributed by atoms with Gasteiger partial charge in [0.25, 0.3) is 5.91 Å². The van der Waals surface area contributed by atoms with Crippen LogP contribution in [0.4, 0.5) is 4.79 Å². The van der Waals surface area contributed by atoms with Crippen molar-refractivity contribution >= 4 is 12.0 Å². The molecule has 0 radical (unpaired) electrons. The highest BCUT2D eigenvalue weighted by atomic mass is 16.6. The number of benzene rings is 1. The molecule has 1 aromatic rings. The predicted molar refractivity (Wildman–Crippen MR) is 95.3 cm³/mol. The maximum absolute atomic E-state index is 12.8. The average Bonchev–Trinajstić information content (AvgIpc) is 3.09. The third-order valence-corrected chi connectivity index (χ3v) is 4.49. The third kappa shape index (κ3) is 4.03. The molecule has 2 amide bonds. The molecule has 0 spiro atoms. The highest BCUT2D eigenvalue weighted by Gasteiger charge is 2.37. The number of nitrogens with zero attached hydrogens (tertiary/aromatic N) is 2. The molecule has 0 aromatic heterocycles. The van der Waals surface area contributed by atoms with Crippen LogP contribution in [0.3, 0.4) is 0 Å². The van der Waals surface area contributed by atoms with Gasteiger partial charge in [-0.25, -0.2) is 4.79 Å². The van der Waals surface area contributed by atoms with E-state index >= 15 is 0 Å². The lowest BCUT2D eigenvalue weighted by Gasteiger charge is -2.31. The van der Waals surface area contributed by atoms with E-state index in [1.165, 1.54) is 0 Å². The van der Waals surface area contributed by atoms with E-state index in [2.05, 4.69) is 0 Å². The van der Waals surface area contributed by atoms with Gasteiger partial charge in [-0.05, 0) is 39.3 Å². The Balaban J connectivity index is 1.57. The zero-order valence-corrected chi connectivity index (χ0v) is 15.7. The van der Waals surface area contributed by atoms with Gasteiger partial charge in [-0.15, -0.1) is 0 Å². The van der Waals surface area contributed by atoms with Crippen LogP contribution in [-0.4, -0.2) is 66.3 Å². The fourth-order valence-corrected chi connectivity index (χ4v) is 3.10. The largest absolute Gasteiger partial charge is 0.485 e. The number of fused-ring (bicyclic) bond motifs is 1. The van der Waals surface area contributed by atoms with Crippen LogP contribution in [0.25, 0.3) is 0 Å². The molecule has 0 saturated carbocycles. The molecular formula is C19H26N2O5. The number of para-hydroxylation sites is 2. The van der Waals surface area contributed by atoms with Crippen LogP contribution < -0.4 is 9.47 Å². The van der Waals surface area contributed by atoms with E-state index in [0.29, 0.717) is 31.0 Å². The molecule has 7 nitrogen and oxygen atoms in total. The van der Waals surface area contributed by atoms with Gasteiger partial charge < -0.3 is 24.0 Å². The molecule has 142 valence electrons. The van der Waals surface area contributed by atoms with E-state index in [1.807, 2.05) is 39.0 Å². The van der Waals surface area contributed by atoms with Crippen molar-refractivity contribution in [2.24, 2.45) is 0 Å². The molecule has 1 aromatic carbocycles. The van der Waals surface area contributed by atoms with Crippen molar-refractivity contribution < 1.29 is 23.8 Å². The number of carbonyl (C=O) groups excluding carboxylic acids is 2. The quantitative estimate of drug-likeness (QED) is 0.807. The van der Waals surface area contributed by atoms with E-state index in [0.717, 1.165) is 0 Å². The lowest BCUT2D eigenvalue weighted by molar-refractivity contribution is -0.141.